The maximum atomic E-state index is 11.3. The highest BCUT2D eigenvalue weighted by atomic mass is 16.5. The zero-order valence-corrected chi connectivity index (χ0v) is 7.89. The van der Waals surface area contributed by atoms with E-state index in [1.807, 2.05) is 13.8 Å². The summed E-state index contributed by atoms with van der Waals surface area (Å²) < 4.78 is 5.06. The van der Waals surface area contributed by atoms with Gasteiger partial charge in [-0.1, -0.05) is 27.2 Å². The topological polar surface area (TPSA) is 26.3 Å². The molecule has 0 saturated heterocycles. The monoisotopic (exact) mass is 158 g/mol. The molecule has 0 unspecified atom stereocenters. The summed E-state index contributed by atoms with van der Waals surface area (Å²) in [6.07, 6.45) is 1.66. The third-order valence-corrected chi connectivity index (χ3v) is 1.72. The van der Waals surface area contributed by atoms with Crippen LogP contribution in [0.5, 0.6) is 0 Å². The molecule has 0 aromatic rings. The van der Waals surface area contributed by atoms with E-state index in [1.54, 1.807) is 7.11 Å². The molecule has 0 aliphatic heterocycles. The third kappa shape index (κ3) is 3.51. The summed E-state index contributed by atoms with van der Waals surface area (Å²) in [5.74, 6) is 0.306. The number of carbonyl (C=O) groups is 1. The molecule has 0 fully saturated rings. The lowest BCUT2D eigenvalue weighted by molar-refractivity contribution is -0.132. The Morgan fingerprint density at radius 1 is 1.45 bits per heavy atom. The van der Waals surface area contributed by atoms with Crippen LogP contribution in [0.4, 0.5) is 0 Å². The minimum atomic E-state index is -0.181. The Hall–Kier alpha value is -0.370. The van der Waals surface area contributed by atoms with Crippen LogP contribution < -0.4 is 0 Å². The van der Waals surface area contributed by atoms with Gasteiger partial charge in [-0.3, -0.25) is 4.79 Å². The van der Waals surface area contributed by atoms with Crippen LogP contribution in [0.25, 0.3) is 0 Å². The summed E-state index contributed by atoms with van der Waals surface area (Å²) in [6.45, 7) is 5.87. The van der Waals surface area contributed by atoms with Gasteiger partial charge in [0.25, 0.3) is 0 Å². The van der Waals surface area contributed by atoms with Crippen molar-refractivity contribution in [1.82, 2.24) is 0 Å². The second-order valence-corrected chi connectivity index (χ2v) is 3.07. The van der Waals surface area contributed by atoms with E-state index in [4.69, 9.17) is 4.74 Å². The first kappa shape index (κ1) is 10.6. The highest BCUT2D eigenvalue weighted by Crippen LogP contribution is 2.08. The minimum Gasteiger partial charge on any atom is -0.374 e. The fourth-order valence-corrected chi connectivity index (χ4v) is 1.01. The van der Waals surface area contributed by atoms with Crippen molar-refractivity contribution in [1.29, 1.82) is 0 Å². The Kier molecular flexibility index (Phi) is 5.12. The smallest absolute Gasteiger partial charge is 0.164 e. The molecule has 0 amide bonds. The molecular weight excluding hydrogens is 140 g/mol. The fourth-order valence-electron chi connectivity index (χ4n) is 1.01. The standard InChI is InChI=1S/C9H18O2/c1-5-6-8(11-4)9(10)7(2)3/h7-8H,5-6H2,1-4H3/t8-/m1/s1. The number of ketones is 1. The molecule has 0 aromatic carbocycles. The molecule has 0 aromatic heterocycles. The molecule has 0 aliphatic rings. The molecule has 0 spiro atoms. The van der Waals surface area contributed by atoms with Crippen molar-refractivity contribution >= 4 is 5.78 Å². The van der Waals surface area contributed by atoms with Crippen molar-refractivity contribution < 1.29 is 9.53 Å². The molecule has 0 bridgehead atoms. The van der Waals surface area contributed by atoms with E-state index in [9.17, 15) is 4.79 Å². The maximum Gasteiger partial charge on any atom is 0.164 e. The molecule has 2 nitrogen and oxygen atoms in total. The van der Waals surface area contributed by atoms with Crippen molar-refractivity contribution in [3.05, 3.63) is 0 Å². The molecule has 0 N–H and O–H groups in total. The second kappa shape index (κ2) is 5.30. The molecule has 0 radical (unpaired) electrons. The molecule has 66 valence electrons. The van der Waals surface area contributed by atoms with E-state index in [0.29, 0.717) is 0 Å². The van der Waals surface area contributed by atoms with Gasteiger partial charge in [0.1, 0.15) is 6.10 Å². The van der Waals surface area contributed by atoms with Crippen molar-refractivity contribution in [3.8, 4) is 0 Å². The average Bonchev–Trinajstić information content (AvgIpc) is 1.98. The average molecular weight is 158 g/mol. The Morgan fingerprint density at radius 2 is 2.00 bits per heavy atom. The van der Waals surface area contributed by atoms with Gasteiger partial charge >= 0.3 is 0 Å². The fraction of sp³-hybridized carbons (Fsp3) is 0.889. The van der Waals surface area contributed by atoms with Crippen LogP contribution in [0.1, 0.15) is 33.6 Å². The van der Waals surface area contributed by atoms with Crippen LogP contribution in [0.15, 0.2) is 0 Å². The van der Waals surface area contributed by atoms with Gasteiger partial charge in [-0.25, -0.2) is 0 Å². The van der Waals surface area contributed by atoms with Crippen LogP contribution >= 0.6 is 0 Å². The molecule has 11 heavy (non-hydrogen) atoms. The first-order chi connectivity index (χ1) is 5.13. The molecule has 0 rings (SSSR count). The normalized spacial score (nSPS) is 13.5. The van der Waals surface area contributed by atoms with Crippen molar-refractivity contribution in [2.45, 2.75) is 39.7 Å². The van der Waals surface area contributed by atoms with Crippen LogP contribution in [0, 0.1) is 5.92 Å². The molecular formula is C9H18O2. The van der Waals surface area contributed by atoms with E-state index in [-0.39, 0.29) is 17.8 Å². The molecule has 0 heterocycles. The van der Waals surface area contributed by atoms with Gasteiger partial charge in [-0.2, -0.15) is 0 Å². The number of rotatable bonds is 5. The van der Waals surface area contributed by atoms with E-state index >= 15 is 0 Å². The summed E-state index contributed by atoms with van der Waals surface area (Å²) in [7, 11) is 1.60. The number of methoxy groups -OCH3 is 1. The second-order valence-electron chi connectivity index (χ2n) is 3.07. The van der Waals surface area contributed by atoms with Gasteiger partial charge in [0.05, 0.1) is 0 Å². The lowest BCUT2D eigenvalue weighted by Gasteiger charge is -2.14. The zero-order chi connectivity index (χ0) is 8.85. The first-order valence-electron chi connectivity index (χ1n) is 4.20. The van der Waals surface area contributed by atoms with Crippen LogP contribution in [-0.2, 0) is 9.53 Å². The first-order valence-corrected chi connectivity index (χ1v) is 4.20. The maximum absolute atomic E-state index is 11.3. The Morgan fingerprint density at radius 3 is 2.27 bits per heavy atom. The highest BCUT2D eigenvalue weighted by molar-refractivity contribution is 5.84. The summed E-state index contributed by atoms with van der Waals surface area (Å²) in [6, 6.07) is 0. The zero-order valence-electron chi connectivity index (χ0n) is 7.89. The van der Waals surface area contributed by atoms with Crippen molar-refractivity contribution in [3.63, 3.8) is 0 Å². The molecule has 0 aliphatic carbocycles. The number of hydrogen-bond acceptors (Lipinski definition) is 2. The predicted molar refractivity (Wildman–Crippen MR) is 45.6 cm³/mol. The van der Waals surface area contributed by atoms with Gasteiger partial charge in [-0.05, 0) is 6.42 Å². The van der Waals surface area contributed by atoms with E-state index in [2.05, 4.69) is 6.92 Å². The molecule has 0 saturated carbocycles. The predicted octanol–water partition coefficient (Wildman–Crippen LogP) is 2.03. The van der Waals surface area contributed by atoms with Crippen molar-refractivity contribution in [2.75, 3.05) is 7.11 Å². The van der Waals surface area contributed by atoms with Crippen LogP contribution in [0.3, 0.4) is 0 Å². The van der Waals surface area contributed by atoms with Gasteiger partial charge in [0.2, 0.25) is 0 Å². The van der Waals surface area contributed by atoms with E-state index < -0.39 is 0 Å². The summed E-state index contributed by atoms with van der Waals surface area (Å²) in [5.41, 5.74) is 0. The number of carbonyl (C=O) groups excluding carboxylic acids is 1. The van der Waals surface area contributed by atoms with Crippen LogP contribution in [-0.4, -0.2) is 19.0 Å². The number of hydrogen-bond donors (Lipinski definition) is 0. The van der Waals surface area contributed by atoms with Gasteiger partial charge < -0.3 is 4.74 Å². The SMILES string of the molecule is CCC[C@@H](OC)C(=O)C(C)C. The third-order valence-electron chi connectivity index (χ3n) is 1.72. The summed E-state index contributed by atoms with van der Waals surface area (Å²) in [4.78, 5) is 11.3. The van der Waals surface area contributed by atoms with Crippen molar-refractivity contribution in [2.24, 2.45) is 5.92 Å². The van der Waals surface area contributed by atoms with Gasteiger partial charge in [0, 0.05) is 13.0 Å². The Balaban J connectivity index is 3.92. The van der Waals surface area contributed by atoms with Gasteiger partial charge in [-0.15, -0.1) is 0 Å². The quantitative estimate of drug-likeness (QED) is 0.612. The summed E-state index contributed by atoms with van der Waals surface area (Å²) in [5, 5.41) is 0. The number of ether oxygens (including phenoxy) is 1. The minimum absolute atomic E-state index is 0.0894. The van der Waals surface area contributed by atoms with E-state index in [0.717, 1.165) is 12.8 Å². The van der Waals surface area contributed by atoms with Crippen LogP contribution in [0.2, 0.25) is 0 Å². The number of Topliss-reactive ketones (excluding diaryl/α,β-unsaturated/α-hetero) is 1. The highest BCUT2D eigenvalue weighted by Gasteiger charge is 2.18. The summed E-state index contributed by atoms with van der Waals surface area (Å²) >= 11 is 0. The van der Waals surface area contributed by atoms with Gasteiger partial charge in [0.15, 0.2) is 5.78 Å². The lowest BCUT2D eigenvalue weighted by atomic mass is 10.0. The largest absolute Gasteiger partial charge is 0.374 e. The molecule has 2 heteroatoms. The molecule has 1 atom stereocenters. The Bertz CT molecular complexity index is 119. The lowest BCUT2D eigenvalue weighted by Crippen LogP contribution is -2.26. The Labute approximate surface area is 68.9 Å². The van der Waals surface area contributed by atoms with E-state index in [1.165, 1.54) is 0 Å².